The maximum Gasteiger partial charge on any atom is 0.224 e. The smallest absolute Gasteiger partial charge is 0.224 e. The number of hydrogen-bond acceptors (Lipinski definition) is 3. The maximum atomic E-state index is 12.4. The number of nitrogens with zero attached hydrogens (tertiary/aromatic N) is 4. The number of hydrogen-bond donors (Lipinski definition) is 1. The lowest BCUT2D eigenvalue weighted by Crippen LogP contribution is -2.25. The Labute approximate surface area is 147 Å². The van der Waals surface area contributed by atoms with Gasteiger partial charge in [-0.15, -0.1) is 0 Å². The molecule has 0 aliphatic rings. The zero-order valence-electron chi connectivity index (χ0n) is 14.9. The first kappa shape index (κ1) is 17.0. The average Bonchev–Trinajstić information content (AvgIpc) is 3.18. The molecule has 0 unspecified atom stereocenters. The Kier molecular flexibility index (Phi) is 4.97. The summed E-state index contributed by atoms with van der Waals surface area (Å²) in [7, 11) is 1.90. The first-order valence-electron chi connectivity index (χ1n) is 8.34. The second-order valence-corrected chi connectivity index (χ2v) is 6.20. The quantitative estimate of drug-likeness (QED) is 0.749. The van der Waals surface area contributed by atoms with Crippen molar-refractivity contribution in [3.8, 4) is 0 Å². The molecule has 0 spiro atoms. The first-order valence-corrected chi connectivity index (χ1v) is 8.34. The molecule has 2 aromatic heterocycles. The largest absolute Gasteiger partial charge is 0.352 e. The second kappa shape index (κ2) is 7.34. The lowest BCUT2D eigenvalue weighted by atomic mass is 10.1. The summed E-state index contributed by atoms with van der Waals surface area (Å²) in [5, 5.41) is 11.6. The van der Waals surface area contributed by atoms with Crippen LogP contribution in [0.1, 0.15) is 28.1 Å². The number of amides is 1. The van der Waals surface area contributed by atoms with Crippen LogP contribution in [0, 0.1) is 13.8 Å². The zero-order valence-corrected chi connectivity index (χ0v) is 14.9. The van der Waals surface area contributed by atoms with Gasteiger partial charge in [0.05, 0.1) is 18.7 Å². The van der Waals surface area contributed by atoms with Crippen molar-refractivity contribution in [1.29, 1.82) is 0 Å². The fourth-order valence-electron chi connectivity index (χ4n) is 2.94. The third-order valence-corrected chi connectivity index (χ3v) is 4.48. The Morgan fingerprint density at radius 3 is 2.56 bits per heavy atom. The Morgan fingerprint density at radius 1 is 1.16 bits per heavy atom. The van der Waals surface area contributed by atoms with Gasteiger partial charge in [-0.25, -0.2) is 0 Å². The highest BCUT2D eigenvalue weighted by Gasteiger charge is 2.13. The van der Waals surface area contributed by atoms with Crippen LogP contribution in [0.25, 0.3) is 0 Å². The number of carbonyl (C=O) groups is 1. The molecule has 0 fully saturated rings. The van der Waals surface area contributed by atoms with Gasteiger partial charge in [0.15, 0.2) is 0 Å². The molecule has 1 aromatic carbocycles. The molecule has 6 heteroatoms. The lowest BCUT2D eigenvalue weighted by Gasteiger charge is -2.11. The molecule has 1 N–H and O–H groups in total. The number of rotatable bonds is 6. The van der Waals surface area contributed by atoms with Gasteiger partial charge in [-0.3, -0.25) is 14.2 Å². The molecule has 3 aromatic rings. The molecule has 3 rings (SSSR count). The van der Waals surface area contributed by atoms with Crippen LogP contribution in [0.15, 0.2) is 42.7 Å². The molecule has 0 aliphatic heterocycles. The molecule has 0 atom stereocenters. The van der Waals surface area contributed by atoms with E-state index >= 15 is 0 Å². The summed E-state index contributed by atoms with van der Waals surface area (Å²) in [6.45, 7) is 5.13. The Morgan fingerprint density at radius 2 is 1.92 bits per heavy atom. The molecular formula is C19H23N5O. The van der Waals surface area contributed by atoms with Gasteiger partial charge in [-0.05, 0) is 31.0 Å². The van der Waals surface area contributed by atoms with Gasteiger partial charge in [-0.1, -0.05) is 24.3 Å². The number of aromatic nitrogens is 4. The second-order valence-electron chi connectivity index (χ2n) is 6.20. The summed E-state index contributed by atoms with van der Waals surface area (Å²) >= 11 is 0. The first-order chi connectivity index (χ1) is 12.0. The minimum Gasteiger partial charge on any atom is -0.352 e. The van der Waals surface area contributed by atoms with Gasteiger partial charge < -0.3 is 5.32 Å². The van der Waals surface area contributed by atoms with E-state index in [2.05, 4.69) is 21.6 Å². The highest BCUT2D eigenvalue weighted by atomic mass is 16.1. The van der Waals surface area contributed by atoms with Crippen LogP contribution in [0.5, 0.6) is 0 Å². The van der Waals surface area contributed by atoms with E-state index in [1.807, 2.05) is 60.7 Å². The standard InChI is InChI=1S/C19H23N5O/c1-14-18(15(2)23(3)22-14)11-19(25)20-12-16-7-4-5-8-17(16)13-24-10-6-9-21-24/h4-10H,11-13H2,1-3H3,(H,20,25). The van der Waals surface area contributed by atoms with Crippen LogP contribution in [0.2, 0.25) is 0 Å². The molecule has 0 saturated carbocycles. The van der Waals surface area contributed by atoms with Crippen molar-refractivity contribution in [2.45, 2.75) is 33.4 Å². The molecule has 1 amide bonds. The number of aryl methyl sites for hydroxylation is 2. The van der Waals surface area contributed by atoms with Crippen LogP contribution >= 0.6 is 0 Å². The van der Waals surface area contributed by atoms with Crippen molar-refractivity contribution in [2.75, 3.05) is 0 Å². The normalized spacial score (nSPS) is 10.8. The van der Waals surface area contributed by atoms with Crippen LogP contribution < -0.4 is 5.32 Å². The van der Waals surface area contributed by atoms with Crippen molar-refractivity contribution >= 4 is 5.91 Å². The highest BCUT2D eigenvalue weighted by molar-refractivity contribution is 5.79. The predicted octanol–water partition coefficient (Wildman–Crippen LogP) is 2.14. The van der Waals surface area contributed by atoms with Gasteiger partial charge in [0, 0.05) is 37.2 Å². The van der Waals surface area contributed by atoms with Crippen molar-refractivity contribution in [3.63, 3.8) is 0 Å². The topological polar surface area (TPSA) is 64.7 Å². The van der Waals surface area contributed by atoms with E-state index in [1.165, 1.54) is 0 Å². The van der Waals surface area contributed by atoms with Gasteiger partial charge in [0.2, 0.25) is 5.91 Å². The summed E-state index contributed by atoms with van der Waals surface area (Å²) in [5.74, 6) is 0.00749. The molecule has 0 saturated heterocycles. The van der Waals surface area contributed by atoms with Gasteiger partial charge >= 0.3 is 0 Å². The monoisotopic (exact) mass is 337 g/mol. The molecule has 0 radical (unpaired) electrons. The average molecular weight is 337 g/mol. The number of benzene rings is 1. The predicted molar refractivity (Wildman–Crippen MR) is 96.0 cm³/mol. The Hall–Kier alpha value is -2.89. The summed E-state index contributed by atoms with van der Waals surface area (Å²) in [4.78, 5) is 12.4. The Bertz CT molecular complexity index is 864. The van der Waals surface area contributed by atoms with E-state index in [9.17, 15) is 4.79 Å². The van der Waals surface area contributed by atoms with Gasteiger partial charge in [0.25, 0.3) is 0 Å². The molecule has 0 bridgehead atoms. The van der Waals surface area contributed by atoms with Crippen LogP contribution in [-0.4, -0.2) is 25.5 Å². The minimum atomic E-state index is 0.00749. The summed E-state index contributed by atoms with van der Waals surface area (Å²) in [6, 6.07) is 10.0. The van der Waals surface area contributed by atoms with E-state index in [4.69, 9.17) is 0 Å². The maximum absolute atomic E-state index is 12.4. The third kappa shape index (κ3) is 3.96. The van der Waals surface area contributed by atoms with Crippen LogP contribution in [0.4, 0.5) is 0 Å². The SMILES string of the molecule is Cc1nn(C)c(C)c1CC(=O)NCc1ccccc1Cn1cccn1. The van der Waals surface area contributed by atoms with E-state index in [-0.39, 0.29) is 5.91 Å². The van der Waals surface area contributed by atoms with Gasteiger partial charge in [-0.2, -0.15) is 10.2 Å². The van der Waals surface area contributed by atoms with Crippen molar-refractivity contribution < 1.29 is 4.79 Å². The lowest BCUT2D eigenvalue weighted by molar-refractivity contribution is -0.120. The van der Waals surface area contributed by atoms with E-state index in [1.54, 1.807) is 6.20 Å². The third-order valence-electron chi connectivity index (χ3n) is 4.48. The summed E-state index contributed by atoms with van der Waals surface area (Å²) < 4.78 is 3.69. The molecule has 25 heavy (non-hydrogen) atoms. The molecular weight excluding hydrogens is 314 g/mol. The van der Waals surface area contributed by atoms with E-state index in [0.717, 1.165) is 28.1 Å². The minimum absolute atomic E-state index is 0.00749. The van der Waals surface area contributed by atoms with Crippen molar-refractivity contribution in [3.05, 3.63) is 70.8 Å². The van der Waals surface area contributed by atoms with Gasteiger partial charge in [0.1, 0.15) is 0 Å². The van der Waals surface area contributed by atoms with Crippen molar-refractivity contribution in [1.82, 2.24) is 24.9 Å². The number of nitrogens with one attached hydrogen (secondary N) is 1. The van der Waals surface area contributed by atoms with E-state index in [0.29, 0.717) is 19.5 Å². The summed E-state index contributed by atoms with van der Waals surface area (Å²) in [5.41, 5.74) is 5.21. The van der Waals surface area contributed by atoms with Crippen LogP contribution in [-0.2, 0) is 31.4 Å². The highest BCUT2D eigenvalue weighted by Crippen LogP contribution is 2.13. The zero-order chi connectivity index (χ0) is 17.8. The Balaban J connectivity index is 1.64. The van der Waals surface area contributed by atoms with Crippen LogP contribution in [0.3, 0.4) is 0 Å². The molecule has 130 valence electrons. The number of carbonyl (C=O) groups excluding carboxylic acids is 1. The molecule has 0 aliphatic carbocycles. The van der Waals surface area contributed by atoms with E-state index < -0.39 is 0 Å². The molecule has 6 nitrogen and oxygen atoms in total. The fraction of sp³-hybridized carbons (Fsp3) is 0.316. The molecule has 2 heterocycles. The summed E-state index contributed by atoms with van der Waals surface area (Å²) in [6.07, 6.45) is 4.05. The fourth-order valence-corrected chi connectivity index (χ4v) is 2.94. The van der Waals surface area contributed by atoms with Crippen molar-refractivity contribution in [2.24, 2.45) is 7.05 Å².